The molecule has 0 amide bonds. The van der Waals surface area contributed by atoms with Crippen LogP contribution in [0.2, 0.25) is 0 Å². The van der Waals surface area contributed by atoms with Gasteiger partial charge in [0.2, 0.25) is 0 Å². The first kappa shape index (κ1) is 22.2. The van der Waals surface area contributed by atoms with Gasteiger partial charge in [0.25, 0.3) is 0 Å². The third-order valence-corrected chi connectivity index (χ3v) is 3.95. The molecule has 0 atom stereocenters. The summed E-state index contributed by atoms with van der Waals surface area (Å²) >= 11 is 0. The van der Waals surface area contributed by atoms with Gasteiger partial charge in [-0.1, -0.05) is 114 Å². The van der Waals surface area contributed by atoms with Gasteiger partial charge in [-0.05, 0) is 12.8 Å². The standard InChI is InChI=1S/C16H34O.C6H6/c1-3-5-7-9-11-13-15-17-16-14-12-10-8-6-4-2;1-2-4-6-5-3-1/h3-16H2,1-2H3;1-6H. The number of ether oxygens (including phenoxy) is 1. The Morgan fingerprint density at radius 3 is 1.09 bits per heavy atom. The van der Waals surface area contributed by atoms with Crippen LogP contribution in [0.4, 0.5) is 0 Å². The fourth-order valence-corrected chi connectivity index (χ4v) is 2.46. The fourth-order valence-electron chi connectivity index (χ4n) is 2.46. The van der Waals surface area contributed by atoms with Crippen molar-refractivity contribution >= 4 is 0 Å². The molecule has 0 aliphatic carbocycles. The number of rotatable bonds is 14. The Hall–Kier alpha value is -0.820. The van der Waals surface area contributed by atoms with Crippen molar-refractivity contribution in [2.24, 2.45) is 0 Å². The van der Waals surface area contributed by atoms with Crippen molar-refractivity contribution in [2.45, 2.75) is 90.9 Å². The smallest absolute Gasteiger partial charge is 0.0466 e. The summed E-state index contributed by atoms with van der Waals surface area (Å²) in [7, 11) is 0. The molecule has 0 fully saturated rings. The molecule has 0 aliphatic heterocycles. The molecule has 0 aliphatic rings. The van der Waals surface area contributed by atoms with Crippen LogP contribution in [0.1, 0.15) is 90.9 Å². The molecule has 134 valence electrons. The van der Waals surface area contributed by atoms with Gasteiger partial charge in [0.1, 0.15) is 0 Å². The van der Waals surface area contributed by atoms with Gasteiger partial charge < -0.3 is 4.74 Å². The first-order valence-electron chi connectivity index (χ1n) is 9.99. The normalized spacial score (nSPS) is 10.2. The maximum absolute atomic E-state index is 5.65. The summed E-state index contributed by atoms with van der Waals surface area (Å²) in [4.78, 5) is 0. The second-order valence-electron chi connectivity index (χ2n) is 6.30. The van der Waals surface area contributed by atoms with Crippen molar-refractivity contribution in [1.29, 1.82) is 0 Å². The highest BCUT2D eigenvalue weighted by Crippen LogP contribution is 2.06. The molecule has 0 aromatic heterocycles. The molecule has 0 bridgehead atoms. The van der Waals surface area contributed by atoms with E-state index in [1.165, 1.54) is 77.0 Å². The van der Waals surface area contributed by atoms with Crippen molar-refractivity contribution in [2.75, 3.05) is 13.2 Å². The average Bonchev–Trinajstić information content (AvgIpc) is 2.61. The summed E-state index contributed by atoms with van der Waals surface area (Å²) in [6.45, 7) is 6.51. The number of unbranched alkanes of at least 4 members (excludes halogenated alkanes) is 10. The molecule has 0 heterocycles. The van der Waals surface area contributed by atoms with Gasteiger partial charge in [0.15, 0.2) is 0 Å². The van der Waals surface area contributed by atoms with E-state index in [-0.39, 0.29) is 0 Å². The van der Waals surface area contributed by atoms with Crippen LogP contribution in [-0.4, -0.2) is 13.2 Å². The lowest BCUT2D eigenvalue weighted by Gasteiger charge is -2.04. The maximum Gasteiger partial charge on any atom is 0.0466 e. The van der Waals surface area contributed by atoms with Crippen LogP contribution in [0, 0.1) is 0 Å². The van der Waals surface area contributed by atoms with E-state index >= 15 is 0 Å². The number of hydrogen-bond acceptors (Lipinski definition) is 1. The third-order valence-electron chi connectivity index (χ3n) is 3.95. The van der Waals surface area contributed by atoms with Crippen LogP contribution in [0.5, 0.6) is 0 Å². The maximum atomic E-state index is 5.65. The van der Waals surface area contributed by atoms with Crippen molar-refractivity contribution in [3.63, 3.8) is 0 Å². The van der Waals surface area contributed by atoms with Gasteiger partial charge in [-0.25, -0.2) is 0 Å². The molecule has 1 heteroatoms. The molecule has 0 N–H and O–H groups in total. The van der Waals surface area contributed by atoms with Crippen molar-refractivity contribution < 1.29 is 4.74 Å². The molecular weight excluding hydrogens is 280 g/mol. The van der Waals surface area contributed by atoms with Crippen LogP contribution < -0.4 is 0 Å². The predicted octanol–water partition coefficient (Wildman–Crippen LogP) is 7.41. The van der Waals surface area contributed by atoms with Gasteiger partial charge in [-0.15, -0.1) is 0 Å². The summed E-state index contributed by atoms with van der Waals surface area (Å²) in [5.74, 6) is 0. The Morgan fingerprint density at radius 1 is 0.435 bits per heavy atom. The van der Waals surface area contributed by atoms with Crippen molar-refractivity contribution in [3.05, 3.63) is 36.4 Å². The SMILES string of the molecule is CCCCCCCCOCCCCCCCC.c1ccccc1. The molecular formula is C22H40O. The molecule has 0 unspecified atom stereocenters. The second kappa shape index (κ2) is 21.2. The van der Waals surface area contributed by atoms with Gasteiger partial charge in [-0.3, -0.25) is 0 Å². The van der Waals surface area contributed by atoms with Crippen LogP contribution >= 0.6 is 0 Å². The van der Waals surface area contributed by atoms with E-state index in [2.05, 4.69) is 13.8 Å². The predicted molar refractivity (Wildman–Crippen MR) is 104 cm³/mol. The van der Waals surface area contributed by atoms with E-state index in [9.17, 15) is 0 Å². The molecule has 1 aromatic carbocycles. The van der Waals surface area contributed by atoms with Crippen molar-refractivity contribution in [3.8, 4) is 0 Å². The van der Waals surface area contributed by atoms with E-state index in [0.29, 0.717) is 0 Å². The summed E-state index contributed by atoms with van der Waals surface area (Å²) in [6.07, 6.45) is 16.3. The number of hydrogen-bond donors (Lipinski definition) is 0. The quantitative estimate of drug-likeness (QED) is 0.324. The largest absolute Gasteiger partial charge is 0.381 e. The average molecular weight is 321 g/mol. The minimum Gasteiger partial charge on any atom is -0.381 e. The lowest BCUT2D eigenvalue weighted by Crippen LogP contribution is -1.97. The Balaban J connectivity index is 0.000000664. The number of benzene rings is 1. The summed E-state index contributed by atoms with van der Waals surface area (Å²) in [5, 5.41) is 0. The zero-order valence-corrected chi connectivity index (χ0v) is 15.8. The highest BCUT2D eigenvalue weighted by molar-refractivity contribution is 4.99. The van der Waals surface area contributed by atoms with Gasteiger partial charge >= 0.3 is 0 Å². The molecule has 1 nitrogen and oxygen atoms in total. The van der Waals surface area contributed by atoms with Crippen LogP contribution in [0.3, 0.4) is 0 Å². The summed E-state index contributed by atoms with van der Waals surface area (Å²) in [6, 6.07) is 12.0. The van der Waals surface area contributed by atoms with E-state index in [0.717, 1.165) is 13.2 Å². The van der Waals surface area contributed by atoms with Crippen LogP contribution in [0.15, 0.2) is 36.4 Å². The lowest BCUT2D eigenvalue weighted by molar-refractivity contribution is 0.125. The van der Waals surface area contributed by atoms with Crippen molar-refractivity contribution in [1.82, 2.24) is 0 Å². The molecule has 23 heavy (non-hydrogen) atoms. The highest BCUT2D eigenvalue weighted by atomic mass is 16.5. The zero-order valence-electron chi connectivity index (χ0n) is 15.8. The summed E-state index contributed by atoms with van der Waals surface area (Å²) < 4.78 is 5.65. The summed E-state index contributed by atoms with van der Waals surface area (Å²) in [5.41, 5.74) is 0. The Morgan fingerprint density at radius 2 is 0.739 bits per heavy atom. The van der Waals surface area contributed by atoms with Gasteiger partial charge in [0.05, 0.1) is 0 Å². The van der Waals surface area contributed by atoms with E-state index < -0.39 is 0 Å². The lowest BCUT2D eigenvalue weighted by atomic mass is 10.1. The zero-order chi connectivity index (χ0) is 16.8. The van der Waals surface area contributed by atoms with Crippen LogP contribution in [-0.2, 0) is 4.74 Å². The second-order valence-corrected chi connectivity index (χ2v) is 6.30. The Kier molecular flexibility index (Phi) is 20.4. The topological polar surface area (TPSA) is 9.23 Å². The molecule has 0 saturated carbocycles. The third kappa shape index (κ3) is 21.2. The van der Waals surface area contributed by atoms with E-state index in [4.69, 9.17) is 4.74 Å². The molecule has 1 aromatic rings. The molecule has 0 saturated heterocycles. The minimum absolute atomic E-state index is 0.987. The first-order chi connectivity index (χ1) is 11.4. The Labute approximate surface area is 145 Å². The Bertz CT molecular complexity index is 243. The first-order valence-corrected chi connectivity index (χ1v) is 9.99. The van der Waals surface area contributed by atoms with E-state index in [1.807, 2.05) is 36.4 Å². The highest BCUT2D eigenvalue weighted by Gasteiger charge is 1.92. The van der Waals surface area contributed by atoms with E-state index in [1.54, 1.807) is 0 Å². The van der Waals surface area contributed by atoms with Gasteiger partial charge in [-0.2, -0.15) is 0 Å². The monoisotopic (exact) mass is 320 g/mol. The van der Waals surface area contributed by atoms with Crippen LogP contribution in [0.25, 0.3) is 0 Å². The molecule has 1 rings (SSSR count). The minimum atomic E-state index is 0.987. The fraction of sp³-hybridized carbons (Fsp3) is 0.727. The molecule has 0 radical (unpaired) electrons. The van der Waals surface area contributed by atoms with Gasteiger partial charge in [0, 0.05) is 13.2 Å². The molecule has 0 spiro atoms.